The highest BCUT2D eigenvalue weighted by Crippen LogP contribution is 2.01. The predicted octanol–water partition coefficient (Wildman–Crippen LogP) is 1.70. The van der Waals surface area contributed by atoms with E-state index in [-0.39, 0.29) is 18.4 Å². The van der Waals surface area contributed by atoms with Crippen molar-refractivity contribution in [2.75, 3.05) is 19.6 Å². The second-order valence-corrected chi connectivity index (χ2v) is 4.36. The van der Waals surface area contributed by atoms with Gasteiger partial charge in [0.15, 0.2) is 0 Å². The van der Waals surface area contributed by atoms with Crippen molar-refractivity contribution in [2.24, 2.45) is 5.92 Å². The first-order valence-corrected chi connectivity index (χ1v) is 5.75. The molecule has 0 heterocycles. The molecule has 1 atom stereocenters. The summed E-state index contributed by atoms with van der Waals surface area (Å²) in [5.74, 6) is -0.916. The number of nitrogens with zero attached hydrogens (tertiary/aromatic N) is 1. The van der Waals surface area contributed by atoms with Gasteiger partial charge in [-0.2, -0.15) is 0 Å². The van der Waals surface area contributed by atoms with Crippen molar-refractivity contribution < 1.29 is 14.7 Å². The molecule has 0 fully saturated rings. The zero-order chi connectivity index (χ0) is 13.4. The van der Waals surface area contributed by atoms with Crippen molar-refractivity contribution in [1.82, 2.24) is 10.2 Å². The lowest BCUT2D eigenvalue weighted by Crippen LogP contribution is -2.42. The number of aliphatic carboxylic acids is 1. The third-order valence-corrected chi connectivity index (χ3v) is 2.25. The molecular formula is C12H22N2O3. The average molecular weight is 242 g/mol. The minimum absolute atomic E-state index is 0.0624. The van der Waals surface area contributed by atoms with Crippen molar-refractivity contribution in [1.29, 1.82) is 0 Å². The van der Waals surface area contributed by atoms with E-state index in [1.165, 1.54) is 0 Å². The average Bonchev–Trinajstić information content (AvgIpc) is 2.21. The van der Waals surface area contributed by atoms with E-state index in [4.69, 9.17) is 5.11 Å². The van der Waals surface area contributed by atoms with Gasteiger partial charge in [0.2, 0.25) is 0 Å². The Morgan fingerprint density at radius 3 is 2.47 bits per heavy atom. The molecule has 17 heavy (non-hydrogen) atoms. The highest BCUT2D eigenvalue weighted by Gasteiger charge is 2.13. The third kappa shape index (κ3) is 7.38. The molecule has 0 radical (unpaired) electrons. The van der Waals surface area contributed by atoms with E-state index in [9.17, 15) is 9.59 Å². The number of likely N-dealkylation sites (N-methyl/N-ethyl adjacent to an activating group) is 1. The quantitative estimate of drug-likeness (QED) is 0.668. The van der Waals surface area contributed by atoms with Gasteiger partial charge >= 0.3 is 12.0 Å². The number of hydrogen-bond acceptors (Lipinski definition) is 2. The van der Waals surface area contributed by atoms with Gasteiger partial charge in [-0.1, -0.05) is 19.1 Å². The van der Waals surface area contributed by atoms with Gasteiger partial charge in [0, 0.05) is 26.1 Å². The second-order valence-electron chi connectivity index (χ2n) is 4.36. The summed E-state index contributed by atoms with van der Waals surface area (Å²) in [7, 11) is 0. The summed E-state index contributed by atoms with van der Waals surface area (Å²) in [5.41, 5.74) is 0.917. The molecular weight excluding hydrogens is 220 g/mol. The Balaban J connectivity index is 4.05. The highest BCUT2D eigenvalue weighted by atomic mass is 16.4. The molecule has 0 aliphatic carbocycles. The van der Waals surface area contributed by atoms with Gasteiger partial charge < -0.3 is 15.3 Å². The first-order chi connectivity index (χ1) is 7.86. The number of carbonyl (C=O) groups excluding carboxylic acids is 1. The predicted molar refractivity (Wildman–Crippen MR) is 66.9 cm³/mol. The van der Waals surface area contributed by atoms with Crippen LogP contribution in [0.3, 0.4) is 0 Å². The summed E-state index contributed by atoms with van der Waals surface area (Å²) in [6, 6.07) is -0.173. The van der Waals surface area contributed by atoms with Crippen LogP contribution in [0.2, 0.25) is 0 Å². The normalized spacial score (nSPS) is 11.7. The number of carboxylic acid groups (broad SMARTS) is 1. The van der Waals surface area contributed by atoms with Gasteiger partial charge in [-0.25, -0.2) is 4.79 Å². The lowest BCUT2D eigenvalue weighted by molar-refractivity contribution is -0.137. The molecule has 0 spiro atoms. The van der Waals surface area contributed by atoms with Crippen LogP contribution in [0.25, 0.3) is 0 Å². The van der Waals surface area contributed by atoms with E-state index >= 15 is 0 Å². The molecule has 5 heteroatoms. The number of nitrogens with one attached hydrogen (secondary N) is 1. The lowest BCUT2D eigenvalue weighted by Gasteiger charge is -2.22. The van der Waals surface area contributed by atoms with Crippen LogP contribution in [0.5, 0.6) is 0 Å². The number of amides is 2. The molecule has 0 saturated carbocycles. The van der Waals surface area contributed by atoms with Crippen LogP contribution in [0, 0.1) is 5.92 Å². The summed E-state index contributed by atoms with van der Waals surface area (Å²) in [5, 5.41) is 11.3. The van der Waals surface area contributed by atoms with E-state index in [0.29, 0.717) is 19.6 Å². The summed E-state index contributed by atoms with van der Waals surface area (Å²) in [6.45, 7) is 10.8. The van der Waals surface area contributed by atoms with Crippen molar-refractivity contribution >= 4 is 12.0 Å². The number of hydrogen-bond donors (Lipinski definition) is 2. The summed E-state index contributed by atoms with van der Waals surface area (Å²) >= 11 is 0. The van der Waals surface area contributed by atoms with E-state index in [1.807, 2.05) is 13.8 Å². The first-order valence-electron chi connectivity index (χ1n) is 5.75. The summed E-state index contributed by atoms with van der Waals surface area (Å²) in [4.78, 5) is 23.8. The topological polar surface area (TPSA) is 69.6 Å². The van der Waals surface area contributed by atoms with E-state index in [0.717, 1.165) is 5.57 Å². The maximum absolute atomic E-state index is 11.7. The number of urea groups is 1. The molecule has 98 valence electrons. The van der Waals surface area contributed by atoms with E-state index in [1.54, 1.807) is 11.8 Å². The zero-order valence-electron chi connectivity index (χ0n) is 10.8. The van der Waals surface area contributed by atoms with Crippen LogP contribution in [0.1, 0.15) is 27.2 Å². The fourth-order valence-electron chi connectivity index (χ4n) is 1.40. The summed E-state index contributed by atoms with van der Waals surface area (Å²) in [6.07, 6.45) is 0.0624. The first kappa shape index (κ1) is 15.5. The van der Waals surface area contributed by atoms with Crippen LogP contribution in [-0.2, 0) is 4.79 Å². The van der Waals surface area contributed by atoms with Gasteiger partial charge in [0.05, 0.1) is 0 Å². The van der Waals surface area contributed by atoms with Crippen molar-refractivity contribution in [3.05, 3.63) is 12.2 Å². The van der Waals surface area contributed by atoms with Gasteiger partial charge in [-0.3, -0.25) is 4.79 Å². The molecule has 5 nitrogen and oxygen atoms in total. The van der Waals surface area contributed by atoms with Gasteiger partial charge in [-0.05, 0) is 19.8 Å². The minimum atomic E-state index is -0.846. The SMILES string of the molecule is C=C(C)CN(CC)C(=O)NCC(C)CC(=O)O. The molecule has 0 bridgehead atoms. The number of carbonyl (C=O) groups is 2. The standard InChI is InChI=1S/C12H22N2O3/c1-5-14(8-9(2)3)12(17)13-7-10(4)6-11(15)16/h10H,2,5-8H2,1,3-4H3,(H,13,17)(H,15,16). The zero-order valence-corrected chi connectivity index (χ0v) is 10.8. The van der Waals surface area contributed by atoms with E-state index < -0.39 is 5.97 Å². The van der Waals surface area contributed by atoms with Crippen LogP contribution in [0.4, 0.5) is 4.79 Å². The second kappa shape index (κ2) is 7.70. The fraction of sp³-hybridized carbons (Fsp3) is 0.667. The maximum atomic E-state index is 11.7. The number of carboxylic acids is 1. The molecule has 0 aliphatic rings. The molecule has 1 unspecified atom stereocenters. The van der Waals surface area contributed by atoms with Crippen LogP contribution in [0.15, 0.2) is 12.2 Å². The molecule has 2 N–H and O–H groups in total. The third-order valence-electron chi connectivity index (χ3n) is 2.25. The van der Waals surface area contributed by atoms with Crippen molar-refractivity contribution in [3.63, 3.8) is 0 Å². The van der Waals surface area contributed by atoms with E-state index in [2.05, 4.69) is 11.9 Å². The number of rotatable bonds is 7. The molecule has 0 aliphatic heterocycles. The smallest absolute Gasteiger partial charge is 0.317 e. The van der Waals surface area contributed by atoms with Gasteiger partial charge in [0.1, 0.15) is 0 Å². The largest absolute Gasteiger partial charge is 0.481 e. The Hall–Kier alpha value is -1.52. The van der Waals surface area contributed by atoms with Crippen molar-refractivity contribution in [3.8, 4) is 0 Å². The highest BCUT2D eigenvalue weighted by molar-refractivity contribution is 5.74. The van der Waals surface area contributed by atoms with Crippen LogP contribution < -0.4 is 5.32 Å². The Morgan fingerprint density at radius 2 is 2.06 bits per heavy atom. The molecule has 0 rings (SSSR count). The molecule has 0 aromatic heterocycles. The molecule has 0 aromatic rings. The van der Waals surface area contributed by atoms with Gasteiger partial charge in [-0.15, -0.1) is 0 Å². The maximum Gasteiger partial charge on any atom is 0.317 e. The monoisotopic (exact) mass is 242 g/mol. The van der Waals surface area contributed by atoms with Crippen molar-refractivity contribution in [2.45, 2.75) is 27.2 Å². The van der Waals surface area contributed by atoms with Crippen LogP contribution >= 0.6 is 0 Å². The lowest BCUT2D eigenvalue weighted by atomic mass is 10.1. The molecule has 0 saturated heterocycles. The minimum Gasteiger partial charge on any atom is -0.481 e. The summed E-state index contributed by atoms with van der Waals surface area (Å²) < 4.78 is 0. The Morgan fingerprint density at radius 1 is 1.47 bits per heavy atom. The molecule has 2 amide bonds. The Kier molecular flexibility index (Phi) is 7.02. The Labute approximate surface area is 102 Å². The molecule has 0 aromatic carbocycles. The Bertz CT molecular complexity index is 289. The fourth-order valence-corrected chi connectivity index (χ4v) is 1.40. The van der Waals surface area contributed by atoms with Crippen LogP contribution in [-0.4, -0.2) is 41.6 Å². The van der Waals surface area contributed by atoms with Gasteiger partial charge in [0.25, 0.3) is 0 Å².